The number of carbonyl (C=O) groups excluding carboxylic acids is 1. The third kappa shape index (κ3) is 2.57. The molecule has 2 aromatic rings. The van der Waals surface area contributed by atoms with Gasteiger partial charge in [0, 0.05) is 6.07 Å². The summed E-state index contributed by atoms with van der Waals surface area (Å²) in [5, 5.41) is 4.03. The summed E-state index contributed by atoms with van der Waals surface area (Å²) in [6.07, 6.45) is 0.470. The Morgan fingerprint density at radius 2 is 2.06 bits per heavy atom. The van der Waals surface area contributed by atoms with Gasteiger partial charge in [-0.25, -0.2) is 0 Å². The summed E-state index contributed by atoms with van der Waals surface area (Å²) in [7, 11) is 0. The minimum Gasteiger partial charge on any atom is -0.383 e. The van der Waals surface area contributed by atoms with Gasteiger partial charge in [-0.15, -0.1) is 0 Å². The van der Waals surface area contributed by atoms with Crippen LogP contribution in [0, 0.1) is 6.92 Å². The van der Waals surface area contributed by atoms with Crippen LogP contribution in [0.2, 0.25) is 0 Å². The number of nitrogens with zero attached hydrogens (tertiary/aromatic N) is 2. The summed E-state index contributed by atoms with van der Waals surface area (Å²) >= 11 is 0. The van der Waals surface area contributed by atoms with Crippen LogP contribution >= 0.6 is 0 Å². The van der Waals surface area contributed by atoms with E-state index in [1.165, 1.54) is 4.68 Å². The van der Waals surface area contributed by atoms with Crippen molar-refractivity contribution in [3.05, 3.63) is 47.7 Å². The van der Waals surface area contributed by atoms with E-state index < -0.39 is 6.04 Å². The van der Waals surface area contributed by atoms with Gasteiger partial charge in [0.1, 0.15) is 5.82 Å². The van der Waals surface area contributed by atoms with Crippen molar-refractivity contribution in [3.8, 4) is 0 Å². The molecule has 0 saturated heterocycles. The maximum atomic E-state index is 12.1. The fraction of sp³-hybridized carbons (Fsp3) is 0.231. The fourth-order valence-corrected chi connectivity index (χ4v) is 1.81. The first-order valence-corrected chi connectivity index (χ1v) is 5.74. The molecule has 0 amide bonds. The van der Waals surface area contributed by atoms with Gasteiger partial charge in [0.25, 0.3) is 5.91 Å². The summed E-state index contributed by atoms with van der Waals surface area (Å²) in [5.41, 5.74) is 13.3. The first kappa shape index (κ1) is 12.3. The lowest BCUT2D eigenvalue weighted by molar-refractivity contribution is 0.0865. The Hall–Kier alpha value is -2.14. The molecule has 0 saturated carbocycles. The van der Waals surface area contributed by atoms with E-state index in [0.717, 1.165) is 5.56 Å². The molecule has 2 rings (SSSR count). The van der Waals surface area contributed by atoms with E-state index >= 15 is 0 Å². The highest BCUT2D eigenvalue weighted by atomic mass is 16.2. The molecule has 94 valence electrons. The Balaban J connectivity index is 2.12. The van der Waals surface area contributed by atoms with Crippen LogP contribution in [0.3, 0.4) is 0 Å². The SMILES string of the molecule is Cc1cc(N)n(C(=O)[C@@H](N)Cc2ccccc2)n1. The van der Waals surface area contributed by atoms with Gasteiger partial charge >= 0.3 is 0 Å². The number of aromatic nitrogens is 2. The molecule has 0 aliphatic carbocycles. The molecule has 1 heterocycles. The number of aryl methyl sites for hydroxylation is 1. The smallest absolute Gasteiger partial charge is 0.265 e. The Kier molecular flexibility index (Phi) is 3.43. The zero-order valence-electron chi connectivity index (χ0n) is 10.2. The predicted octanol–water partition coefficient (Wildman–Crippen LogP) is 0.984. The van der Waals surface area contributed by atoms with Crippen LogP contribution in [0.4, 0.5) is 5.82 Å². The van der Waals surface area contributed by atoms with Crippen molar-refractivity contribution in [3.63, 3.8) is 0 Å². The number of nitrogen functional groups attached to an aromatic ring is 1. The molecule has 5 nitrogen and oxygen atoms in total. The third-order valence-electron chi connectivity index (χ3n) is 2.68. The molecule has 0 bridgehead atoms. The topological polar surface area (TPSA) is 86.9 Å². The number of hydrogen-bond donors (Lipinski definition) is 2. The third-order valence-corrected chi connectivity index (χ3v) is 2.68. The molecule has 1 atom stereocenters. The molecule has 0 radical (unpaired) electrons. The zero-order valence-corrected chi connectivity index (χ0v) is 10.2. The van der Waals surface area contributed by atoms with E-state index in [0.29, 0.717) is 17.9 Å². The minimum atomic E-state index is -0.644. The number of nitrogens with two attached hydrogens (primary N) is 2. The molecule has 0 spiro atoms. The van der Waals surface area contributed by atoms with Crippen LogP contribution in [0.5, 0.6) is 0 Å². The second kappa shape index (κ2) is 5.01. The van der Waals surface area contributed by atoms with Gasteiger partial charge < -0.3 is 11.5 Å². The number of rotatable bonds is 3. The van der Waals surface area contributed by atoms with Crippen LogP contribution in [0.1, 0.15) is 16.1 Å². The van der Waals surface area contributed by atoms with Gasteiger partial charge in [-0.05, 0) is 18.9 Å². The van der Waals surface area contributed by atoms with Gasteiger partial charge in [0.15, 0.2) is 0 Å². The second-order valence-electron chi connectivity index (χ2n) is 4.26. The van der Waals surface area contributed by atoms with E-state index in [-0.39, 0.29) is 5.91 Å². The van der Waals surface area contributed by atoms with Gasteiger partial charge in [-0.1, -0.05) is 30.3 Å². The molecule has 0 aliphatic rings. The predicted molar refractivity (Wildman–Crippen MR) is 70.1 cm³/mol. The monoisotopic (exact) mass is 244 g/mol. The summed E-state index contributed by atoms with van der Waals surface area (Å²) in [6.45, 7) is 1.78. The number of hydrogen-bond acceptors (Lipinski definition) is 4. The minimum absolute atomic E-state index is 0.288. The van der Waals surface area contributed by atoms with E-state index in [1.807, 2.05) is 30.3 Å². The fourth-order valence-electron chi connectivity index (χ4n) is 1.81. The van der Waals surface area contributed by atoms with Gasteiger partial charge in [-0.2, -0.15) is 9.78 Å². The molecule has 18 heavy (non-hydrogen) atoms. The van der Waals surface area contributed by atoms with Crippen molar-refractivity contribution >= 4 is 11.7 Å². The highest BCUT2D eigenvalue weighted by molar-refractivity contribution is 5.86. The standard InChI is InChI=1S/C13H16N4O/c1-9-7-12(15)17(16-9)13(18)11(14)8-10-5-3-2-4-6-10/h2-7,11H,8,14-15H2,1H3/t11-/m0/s1. The summed E-state index contributed by atoms with van der Waals surface area (Å²) in [5.74, 6) is 0.0328. The number of carbonyl (C=O) groups is 1. The van der Waals surface area contributed by atoms with Crippen LogP contribution < -0.4 is 11.5 Å². The van der Waals surface area contributed by atoms with Crippen molar-refractivity contribution < 1.29 is 4.79 Å². The first-order chi connectivity index (χ1) is 8.58. The second-order valence-corrected chi connectivity index (χ2v) is 4.26. The van der Waals surface area contributed by atoms with Crippen molar-refractivity contribution in [1.82, 2.24) is 9.78 Å². The molecule has 1 aromatic heterocycles. The van der Waals surface area contributed by atoms with Crippen LogP contribution in [-0.2, 0) is 6.42 Å². The highest BCUT2D eigenvalue weighted by Crippen LogP contribution is 2.08. The summed E-state index contributed by atoms with van der Waals surface area (Å²) in [6, 6.07) is 10.6. The molecule has 4 N–H and O–H groups in total. The highest BCUT2D eigenvalue weighted by Gasteiger charge is 2.19. The maximum Gasteiger partial charge on any atom is 0.265 e. The largest absolute Gasteiger partial charge is 0.383 e. The Morgan fingerprint density at radius 3 is 2.61 bits per heavy atom. The van der Waals surface area contributed by atoms with Gasteiger partial charge in [0.05, 0.1) is 11.7 Å². The molecule has 0 fully saturated rings. The molecule has 1 aromatic carbocycles. The lowest BCUT2D eigenvalue weighted by Gasteiger charge is -2.11. The molecule has 0 unspecified atom stereocenters. The number of anilines is 1. The van der Waals surface area contributed by atoms with Crippen molar-refractivity contribution in [2.24, 2.45) is 5.73 Å². The quantitative estimate of drug-likeness (QED) is 0.842. The Labute approximate surface area is 105 Å². The average molecular weight is 244 g/mol. The molecule has 5 heteroatoms. The summed E-state index contributed by atoms with van der Waals surface area (Å²) in [4.78, 5) is 12.1. The van der Waals surface area contributed by atoms with Gasteiger partial charge in [0.2, 0.25) is 0 Å². The zero-order chi connectivity index (χ0) is 13.1. The first-order valence-electron chi connectivity index (χ1n) is 5.74. The molecule has 0 aliphatic heterocycles. The van der Waals surface area contributed by atoms with E-state index in [1.54, 1.807) is 13.0 Å². The van der Waals surface area contributed by atoms with E-state index in [2.05, 4.69) is 5.10 Å². The average Bonchev–Trinajstić information content (AvgIpc) is 2.68. The normalized spacial score (nSPS) is 12.3. The molecular weight excluding hydrogens is 228 g/mol. The van der Waals surface area contributed by atoms with E-state index in [9.17, 15) is 4.79 Å². The van der Waals surface area contributed by atoms with Gasteiger partial charge in [-0.3, -0.25) is 4.79 Å². The van der Waals surface area contributed by atoms with Crippen LogP contribution in [0.15, 0.2) is 36.4 Å². The molecular formula is C13H16N4O. The lowest BCUT2D eigenvalue weighted by atomic mass is 10.1. The van der Waals surface area contributed by atoms with E-state index in [4.69, 9.17) is 11.5 Å². The van der Waals surface area contributed by atoms with Crippen molar-refractivity contribution in [2.45, 2.75) is 19.4 Å². The van der Waals surface area contributed by atoms with Crippen LogP contribution in [0.25, 0.3) is 0 Å². The lowest BCUT2D eigenvalue weighted by Crippen LogP contribution is -2.37. The Morgan fingerprint density at radius 1 is 1.39 bits per heavy atom. The summed E-state index contributed by atoms with van der Waals surface area (Å²) < 4.78 is 1.17. The Bertz CT molecular complexity index is 547. The van der Waals surface area contributed by atoms with Crippen molar-refractivity contribution in [2.75, 3.05) is 5.73 Å². The van der Waals surface area contributed by atoms with Crippen LogP contribution in [-0.4, -0.2) is 21.7 Å². The maximum absolute atomic E-state index is 12.1. The van der Waals surface area contributed by atoms with Crippen molar-refractivity contribution in [1.29, 1.82) is 0 Å². The number of benzene rings is 1.